The Bertz CT molecular complexity index is 575. The van der Waals surface area contributed by atoms with E-state index < -0.39 is 5.97 Å². The highest BCUT2D eigenvalue weighted by molar-refractivity contribution is 7.10. The summed E-state index contributed by atoms with van der Waals surface area (Å²) < 4.78 is 0. The quantitative estimate of drug-likeness (QED) is 0.882. The van der Waals surface area contributed by atoms with Gasteiger partial charge in [-0.2, -0.15) is 0 Å². The van der Waals surface area contributed by atoms with Gasteiger partial charge in [0.1, 0.15) is 0 Å². The molecule has 0 bridgehead atoms. The van der Waals surface area contributed by atoms with E-state index in [2.05, 4.69) is 18.3 Å². The van der Waals surface area contributed by atoms with Gasteiger partial charge >= 0.3 is 5.97 Å². The van der Waals surface area contributed by atoms with Crippen LogP contribution in [0.1, 0.15) is 26.4 Å². The lowest BCUT2D eigenvalue weighted by Crippen LogP contribution is -2.06. The Morgan fingerprint density at radius 2 is 2.11 bits per heavy atom. The summed E-state index contributed by atoms with van der Waals surface area (Å²) in [5.41, 5.74) is 3.17. The number of hydrogen-bond acceptors (Lipinski definition) is 3. The van der Waals surface area contributed by atoms with Gasteiger partial charge in [0, 0.05) is 17.1 Å². The molecular weight excluding hydrogens is 246 g/mol. The summed E-state index contributed by atoms with van der Waals surface area (Å²) in [7, 11) is 0. The molecule has 0 radical (unpaired) electrons. The van der Waals surface area contributed by atoms with E-state index in [1.165, 1.54) is 10.4 Å². The van der Waals surface area contributed by atoms with Gasteiger partial charge in [0.15, 0.2) is 0 Å². The minimum Gasteiger partial charge on any atom is -0.478 e. The van der Waals surface area contributed by atoms with Gasteiger partial charge in [-0.15, -0.1) is 11.3 Å². The monoisotopic (exact) mass is 261 g/mol. The normalized spacial score (nSPS) is 10.3. The van der Waals surface area contributed by atoms with Crippen molar-refractivity contribution in [2.24, 2.45) is 0 Å². The van der Waals surface area contributed by atoms with Crippen LogP contribution >= 0.6 is 11.3 Å². The minimum atomic E-state index is -0.899. The third kappa shape index (κ3) is 2.71. The molecule has 3 nitrogen and oxygen atoms in total. The summed E-state index contributed by atoms with van der Waals surface area (Å²) in [5.74, 6) is -0.899. The fraction of sp³-hybridized carbons (Fsp3) is 0.214. The van der Waals surface area contributed by atoms with E-state index >= 15 is 0 Å². The fourth-order valence-corrected chi connectivity index (χ4v) is 2.60. The zero-order valence-electron chi connectivity index (χ0n) is 10.4. The van der Waals surface area contributed by atoms with E-state index in [0.29, 0.717) is 17.8 Å². The minimum absolute atomic E-state index is 0.323. The molecule has 0 unspecified atom stereocenters. The molecule has 0 saturated carbocycles. The number of anilines is 1. The molecule has 0 aliphatic rings. The van der Waals surface area contributed by atoms with Crippen LogP contribution in [0.15, 0.2) is 29.6 Å². The van der Waals surface area contributed by atoms with Crippen molar-refractivity contribution in [2.45, 2.75) is 20.4 Å². The lowest BCUT2D eigenvalue weighted by Gasteiger charge is -2.10. The van der Waals surface area contributed by atoms with Gasteiger partial charge in [-0.1, -0.05) is 11.6 Å². The zero-order chi connectivity index (χ0) is 13.1. The summed E-state index contributed by atoms with van der Waals surface area (Å²) in [6, 6.07) is 7.48. The van der Waals surface area contributed by atoms with E-state index in [9.17, 15) is 4.79 Å². The van der Waals surface area contributed by atoms with Crippen LogP contribution in [0.5, 0.6) is 0 Å². The molecule has 0 amide bonds. The fourth-order valence-electron chi connectivity index (χ4n) is 1.75. The van der Waals surface area contributed by atoms with Gasteiger partial charge in [-0.3, -0.25) is 0 Å². The lowest BCUT2D eigenvalue weighted by atomic mass is 10.1. The number of thiophene rings is 1. The lowest BCUT2D eigenvalue weighted by molar-refractivity contribution is 0.0698. The second kappa shape index (κ2) is 5.23. The number of aromatic carboxylic acids is 1. The van der Waals surface area contributed by atoms with E-state index in [1.807, 2.05) is 24.4 Å². The summed E-state index contributed by atoms with van der Waals surface area (Å²) in [6.45, 7) is 4.60. The van der Waals surface area contributed by atoms with Gasteiger partial charge in [0.2, 0.25) is 0 Å². The molecule has 2 aromatic rings. The molecule has 94 valence electrons. The molecule has 0 aliphatic carbocycles. The Morgan fingerprint density at radius 1 is 1.33 bits per heavy atom. The molecule has 0 spiro atoms. The van der Waals surface area contributed by atoms with Crippen molar-refractivity contribution in [1.82, 2.24) is 0 Å². The standard InChI is InChI=1S/C14H15NO2S/c1-9-3-4-12(11(7-9)14(16)17)15-8-13-10(2)5-6-18-13/h3-7,15H,8H2,1-2H3,(H,16,17). The molecule has 0 aliphatic heterocycles. The third-order valence-corrected chi connectivity index (χ3v) is 3.84. The van der Waals surface area contributed by atoms with Crippen molar-refractivity contribution in [3.63, 3.8) is 0 Å². The molecule has 1 aromatic carbocycles. The summed E-state index contributed by atoms with van der Waals surface area (Å²) in [5, 5.41) is 14.4. The molecule has 18 heavy (non-hydrogen) atoms. The number of hydrogen-bond donors (Lipinski definition) is 2. The van der Waals surface area contributed by atoms with Crippen LogP contribution in [-0.2, 0) is 6.54 Å². The van der Waals surface area contributed by atoms with Crippen LogP contribution in [-0.4, -0.2) is 11.1 Å². The molecule has 0 atom stereocenters. The van der Waals surface area contributed by atoms with Crippen LogP contribution in [0.3, 0.4) is 0 Å². The van der Waals surface area contributed by atoms with Crippen molar-refractivity contribution < 1.29 is 9.90 Å². The van der Waals surface area contributed by atoms with E-state index in [4.69, 9.17) is 5.11 Å². The van der Waals surface area contributed by atoms with Crippen LogP contribution in [0.4, 0.5) is 5.69 Å². The van der Waals surface area contributed by atoms with Crippen LogP contribution in [0, 0.1) is 13.8 Å². The first-order chi connectivity index (χ1) is 8.58. The maximum atomic E-state index is 11.2. The first kappa shape index (κ1) is 12.6. The molecule has 0 saturated heterocycles. The number of rotatable bonds is 4. The second-order valence-electron chi connectivity index (χ2n) is 4.23. The Balaban J connectivity index is 2.19. The average molecular weight is 261 g/mol. The summed E-state index contributed by atoms with van der Waals surface area (Å²) in [6.07, 6.45) is 0. The molecule has 1 heterocycles. The van der Waals surface area contributed by atoms with Gasteiger partial charge in [-0.05, 0) is 43.0 Å². The molecule has 4 heteroatoms. The number of aryl methyl sites for hydroxylation is 2. The van der Waals surface area contributed by atoms with E-state index in [0.717, 1.165) is 5.56 Å². The van der Waals surface area contributed by atoms with Crippen LogP contribution in [0.2, 0.25) is 0 Å². The Labute approximate surface area is 110 Å². The van der Waals surface area contributed by atoms with Crippen LogP contribution in [0.25, 0.3) is 0 Å². The van der Waals surface area contributed by atoms with Crippen molar-refractivity contribution in [3.8, 4) is 0 Å². The zero-order valence-corrected chi connectivity index (χ0v) is 11.2. The second-order valence-corrected chi connectivity index (χ2v) is 5.24. The number of nitrogens with one attached hydrogen (secondary N) is 1. The van der Waals surface area contributed by atoms with Gasteiger partial charge in [0.25, 0.3) is 0 Å². The Hall–Kier alpha value is -1.81. The Kier molecular flexibility index (Phi) is 3.67. The van der Waals surface area contributed by atoms with Gasteiger partial charge in [-0.25, -0.2) is 4.79 Å². The highest BCUT2D eigenvalue weighted by Crippen LogP contribution is 2.21. The van der Waals surface area contributed by atoms with Gasteiger partial charge in [0.05, 0.1) is 5.56 Å². The molecular formula is C14H15NO2S. The average Bonchev–Trinajstić information content (AvgIpc) is 2.73. The van der Waals surface area contributed by atoms with E-state index in [-0.39, 0.29) is 0 Å². The highest BCUT2D eigenvalue weighted by Gasteiger charge is 2.10. The smallest absolute Gasteiger partial charge is 0.337 e. The van der Waals surface area contributed by atoms with Crippen molar-refractivity contribution in [2.75, 3.05) is 5.32 Å². The summed E-state index contributed by atoms with van der Waals surface area (Å²) in [4.78, 5) is 12.4. The van der Waals surface area contributed by atoms with Crippen LogP contribution < -0.4 is 5.32 Å². The predicted octanol–water partition coefficient (Wildman–Crippen LogP) is 3.68. The molecule has 2 N–H and O–H groups in total. The van der Waals surface area contributed by atoms with E-state index in [1.54, 1.807) is 17.4 Å². The maximum absolute atomic E-state index is 11.2. The maximum Gasteiger partial charge on any atom is 0.337 e. The number of carboxylic acids is 1. The first-order valence-electron chi connectivity index (χ1n) is 5.68. The molecule has 0 fully saturated rings. The topological polar surface area (TPSA) is 49.3 Å². The predicted molar refractivity (Wildman–Crippen MR) is 74.5 cm³/mol. The number of carboxylic acid groups (broad SMARTS) is 1. The first-order valence-corrected chi connectivity index (χ1v) is 6.56. The van der Waals surface area contributed by atoms with Gasteiger partial charge < -0.3 is 10.4 Å². The molecule has 2 rings (SSSR count). The molecule has 1 aromatic heterocycles. The largest absolute Gasteiger partial charge is 0.478 e. The van der Waals surface area contributed by atoms with Crippen molar-refractivity contribution in [1.29, 1.82) is 0 Å². The summed E-state index contributed by atoms with van der Waals surface area (Å²) >= 11 is 1.68. The SMILES string of the molecule is Cc1ccc(NCc2sccc2C)c(C(=O)O)c1. The number of carbonyl (C=O) groups is 1. The van der Waals surface area contributed by atoms with Crippen molar-refractivity contribution >= 4 is 23.0 Å². The Morgan fingerprint density at radius 3 is 2.72 bits per heavy atom. The van der Waals surface area contributed by atoms with Crippen molar-refractivity contribution in [3.05, 3.63) is 51.2 Å². The highest BCUT2D eigenvalue weighted by atomic mass is 32.1. The number of benzene rings is 1. The third-order valence-electron chi connectivity index (χ3n) is 2.81.